The summed E-state index contributed by atoms with van der Waals surface area (Å²) < 4.78 is 38.6. The lowest BCUT2D eigenvalue weighted by Gasteiger charge is -2.10. The van der Waals surface area contributed by atoms with E-state index in [2.05, 4.69) is 5.32 Å². The first-order valence-corrected chi connectivity index (χ1v) is 5.00. The molecule has 0 spiro atoms. The van der Waals surface area contributed by atoms with Crippen molar-refractivity contribution < 1.29 is 18.0 Å². The maximum atomic E-state index is 13.2. The highest BCUT2D eigenvalue weighted by Crippen LogP contribution is 2.19. The monoisotopic (exact) mass is 246 g/mol. The van der Waals surface area contributed by atoms with Crippen molar-refractivity contribution in [3.63, 3.8) is 0 Å². The van der Waals surface area contributed by atoms with Gasteiger partial charge in [-0.05, 0) is 26.2 Å². The second-order valence-electron chi connectivity index (χ2n) is 3.82. The summed E-state index contributed by atoms with van der Waals surface area (Å²) in [5, 5.41) is 2.19. The van der Waals surface area contributed by atoms with Gasteiger partial charge in [0.2, 0.25) is 5.91 Å². The fourth-order valence-electron chi connectivity index (χ4n) is 1.16. The molecule has 1 aromatic carbocycles. The molecule has 17 heavy (non-hydrogen) atoms. The second-order valence-corrected chi connectivity index (χ2v) is 3.82. The van der Waals surface area contributed by atoms with E-state index in [1.165, 1.54) is 0 Å². The normalized spacial score (nSPS) is 10.7. The topological polar surface area (TPSA) is 32.3 Å². The number of hydrogen-bond donors (Lipinski definition) is 1. The minimum absolute atomic E-state index is 0.144. The molecule has 0 saturated carbocycles. The lowest BCUT2D eigenvalue weighted by Crippen LogP contribution is -2.21. The van der Waals surface area contributed by atoms with Crippen LogP contribution in [0.3, 0.4) is 0 Å². The van der Waals surface area contributed by atoms with E-state index in [0.717, 1.165) is 12.1 Å². The standard InChI is InChI=1S/C11H13F3N2O/c1-16(2)6-5-9(17)15-8-4-3-7(12)10(13)11(8)14/h3-4H,5-6H2,1-2H3,(H,15,17). The predicted octanol–water partition coefficient (Wildman–Crippen LogP) is 1.99. The maximum absolute atomic E-state index is 13.2. The molecule has 0 aromatic heterocycles. The van der Waals surface area contributed by atoms with Gasteiger partial charge in [0, 0.05) is 13.0 Å². The molecule has 1 rings (SSSR count). The van der Waals surface area contributed by atoms with Crippen molar-refractivity contribution in [2.75, 3.05) is 26.0 Å². The van der Waals surface area contributed by atoms with E-state index in [1.807, 2.05) is 0 Å². The molecule has 0 aliphatic heterocycles. The summed E-state index contributed by atoms with van der Waals surface area (Å²) in [7, 11) is 3.57. The summed E-state index contributed by atoms with van der Waals surface area (Å²) >= 11 is 0. The van der Waals surface area contributed by atoms with Gasteiger partial charge in [-0.2, -0.15) is 0 Å². The number of carbonyl (C=O) groups excluding carboxylic acids is 1. The number of carbonyl (C=O) groups is 1. The highest BCUT2D eigenvalue weighted by Gasteiger charge is 2.14. The third-order valence-electron chi connectivity index (χ3n) is 2.10. The van der Waals surface area contributed by atoms with Gasteiger partial charge in [0.25, 0.3) is 0 Å². The second kappa shape index (κ2) is 5.67. The Morgan fingerprint density at radius 2 is 1.88 bits per heavy atom. The predicted molar refractivity (Wildman–Crippen MR) is 58.1 cm³/mol. The average Bonchev–Trinajstić information content (AvgIpc) is 2.27. The summed E-state index contributed by atoms with van der Waals surface area (Å²) in [5.41, 5.74) is -0.354. The van der Waals surface area contributed by atoms with E-state index >= 15 is 0 Å². The molecule has 0 saturated heterocycles. The number of nitrogens with zero attached hydrogens (tertiary/aromatic N) is 1. The molecule has 6 heteroatoms. The molecule has 3 nitrogen and oxygen atoms in total. The van der Waals surface area contributed by atoms with Gasteiger partial charge in [-0.15, -0.1) is 0 Å². The number of nitrogens with one attached hydrogen (secondary N) is 1. The molecular formula is C11H13F3N2O. The summed E-state index contributed by atoms with van der Waals surface area (Å²) in [6, 6.07) is 1.75. The van der Waals surface area contributed by atoms with Gasteiger partial charge >= 0.3 is 0 Å². The molecule has 1 amide bonds. The van der Waals surface area contributed by atoms with Crippen LogP contribution in [0, 0.1) is 17.5 Å². The van der Waals surface area contributed by atoms with Crippen molar-refractivity contribution >= 4 is 11.6 Å². The fraction of sp³-hybridized carbons (Fsp3) is 0.364. The minimum atomic E-state index is -1.59. The lowest BCUT2D eigenvalue weighted by atomic mass is 10.2. The Balaban J connectivity index is 2.69. The summed E-state index contributed by atoms with van der Waals surface area (Å²) in [6.07, 6.45) is 0.144. The van der Waals surface area contributed by atoms with Crippen LogP contribution in [0.5, 0.6) is 0 Å². The molecule has 94 valence electrons. The zero-order valence-corrected chi connectivity index (χ0v) is 9.56. The van der Waals surface area contributed by atoms with Gasteiger partial charge < -0.3 is 10.2 Å². The van der Waals surface area contributed by atoms with Crippen LogP contribution >= 0.6 is 0 Å². The lowest BCUT2D eigenvalue weighted by molar-refractivity contribution is -0.116. The van der Waals surface area contributed by atoms with Crippen molar-refractivity contribution in [1.29, 1.82) is 0 Å². The van der Waals surface area contributed by atoms with Gasteiger partial charge in [-0.3, -0.25) is 4.79 Å². The van der Waals surface area contributed by atoms with Crippen molar-refractivity contribution in [2.24, 2.45) is 0 Å². The molecule has 0 atom stereocenters. The Labute approximate surface area is 97.2 Å². The smallest absolute Gasteiger partial charge is 0.225 e. The Kier molecular flexibility index (Phi) is 4.51. The number of rotatable bonds is 4. The number of anilines is 1. The molecule has 0 fully saturated rings. The summed E-state index contributed by atoms with van der Waals surface area (Å²) in [6.45, 7) is 0.483. The van der Waals surface area contributed by atoms with Gasteiger partial charge in [0.1, 0.15) is 0 Å². The van der Waals surface area contributed by atoms with Gasteiger partial charge in [-0.25, -0.2) is 13.2 Å². The van der Waals surface area contributed by atoms with Gasteiger partial charge in [-0.1, -0.05) is 0 Å². The zero-order valence-electron chi connectivity index (χ0n) is 9.56. The van der Waals surface area contributed by atoms with E-state index in [4.69, 9.17) is 0 Å². The van der Waals surface area contributed by atoms with Crippen LogP contribution in [-0.2, 0) is 4.79 Å². The van der Waals surface area contributed by atoms with Crippen LogP contribution < -0.4 is 5.32 Å². The molecule has 0 aliphatic rings. The fourth-order valence-corrected chi connectivity index (χ4v) is 1.16. The minimum Gasteiger partial charge on any atom is -0.323 e. The molecule has 1 aromatic rings. The number of halogens is 3. The maximum Gasteiger partial charge on any atom is 0.225 e. The largest absolute Gasteiger partial charge is 0.323 e. The van der Waals surface area contributed by atoms with E-state index in [0.29, 0.717) is 6.54 Å². The molecule has 0 unspecified atom stereocenters. The molecule has 0 aliphatic carbocycles. The Morgan fingerprint density at radius 3 is 2.47 bits per heavy atom. The van der Waals surface area contributed by atoms with Crippen LogP contribution in [0.25, 0.3) is 0 Å². The van der Waals surface area contributed by atoms with Crippen molar-refractivity contribution in [3.8, 4) is 0 Å². The van der Waals surface area contributed by atoms with E-state index in [1.54, 1.807) is 19.0 Å². The van der Waals surface area contributed by atoms with Crippen molar-refractivity contribution in [3.05, 3.63) is 29.6 Å². The van der Waals surface area contributed by atoms with Crippen LogP contribution in [0.2, 0.25) is 0 Å². The molecule has 0 radical (unpaired) electrons. The highest BCUT2D eigenvalue weighted by atomic mass is 19.2. The van der Waals surface area contributed by atoms with Crippen LogP contribution in [0.4, 0.5) is 18.9 Å². The Morgan fingerprint density at radius 1 is 1.24 bits per heavy atom. The molecule has 0 bridgehead atoms. The first-order chi connectivity index (χ1) is 7.91. The Bertz CT molecular complexity index is 421. The van der Waals surface area contributed by atoms with Crippen molar-refractivity contribution in [1.82, 2.24) is 4.90 Å². The summed E-state index contributed by atoms with van der Waals surface area (Å²) in [4.78, 5) is 13.1. The SMILES string of the molecule is CN(C)CCC(=O)Nc1ccc(F)c(F)c1F. The summed E-state index contributed by atoms with van der Waals surface area (Å²) in [5.74, 6) is -4.71. The quantitative estimate of drug-likeness (QED) is 0.824. The van der Waals surface area contributed by atoms with Crippen LogP contribution in [0.1, 0.15) is 6.42 Å². The number of benzene rings is 1. The number of hydrogen-bond acceptors (Lipinski definition) is 2. The Hall–Kier alpha value is -1.56. The van der Waals surface area contributed by atoms with Gasteiger partial charge in [0.15, 0.2) is 17.5 Å². The number of amides is 1. The third-order valence-corrected chi connectivity index (χ3v) is 2.10. The highest BCUT2D eigenvalue weighted by molar-refractivity contribution is 5.90. The van der Waals surface area contributed by atoms with Crippen LogP contribution in [0.15, 0.2) is 12.1 Å². The van der Waals surface area contributed by atoms with E-state index < -0.39 is 23.4 Å². The van der Waals surface area contributed by atoms with Crippen molar-refractivity contribution in [2.45, 2.75) is 6.42 Å². The first-order valence-electron chi connectivity index (χ1n) is 5.00. The molecule has 1 N–H and O–H groups in total. The van der Waals surface area contributed by atoms with E-state index in [-0.39, 0.29) is 12.1 Å². The first kappa shape index (κ1) is 13.5. The molecular weight excluding hydrogens is 233 g/mol. The van der Waals surface area contributed by atoms with E-state index in [9.17, 15) is 18.0 Å². The van der Waals surface area contributed by atoms with Gasteiger partial charge in [0.05, 0.1) is 5.69 Å². The third kappa shape index (κ3) is 3.74. The zero-order chi connectivity index (χ0) is 13.0. The van der Waals surface area contributed by atoms with Crippen LogP contribution in [-0.4, -0.2) is 31.4 Å². The average molecular weight is 246 g/mol. The molecule has 0 heterocycles.